The fourth-order valence-corrected chi connectivity index (χ4v) is 4.15. The molecule has 3 heterocycles. The van der Waals surface area contributed by atoms with Crippen LogP contribution in [0.4, 0.5) is 0 Å². The largest absolute Gasteiger partial charge is 0.465 e. The lowest BCUT2D eigenvalue weighted by Gasteiger charge is -2.10. The molecule has 4 aromatic rings. The van der Waals surface area contributed by atoms with E-state index in [9.17, 15) is 9.59 Å². The molecule has 4 rings (SSSR count). The van der Waals surface area contributed by atoms with Crippen LogP contribution >= 0.6 is 11.8 Å². The van der Waals surface area contributed by atoms with E-state index in [-0.39, 0.29) is 17.5 Å². The topological polar surface area (TPSA) is 103 Å². The highest BCUT2D eigenvalue weighted by atomic mass is 32.2. The average molecular weight is 448 g/mol. The minimum atomic E-state index is -0.385. The second kappa shape index (κ2) is 9.19. The van der Waals surface area contributed by atoms with Crippen molar-refractivity contribution in [1.82, 2.24) is 24.7 Å². The van der Waals surface area contributed by atoms with Gasteiger partial charge in [-0.25, -0.2) is 9.78 Å². The Morgan fingerprint density at radius 1 is 1.09 bits per heavy atom. The normalized spacial score (nSPS) is 10.8. The number of carbonyl (C=O) groups excluding carboxylic acids is 2. The lowest BCUT2D eigenvalue weighted by molar-refractivity contribution is 0.0600. The Kier molecular flexibility index (Phi) is 6.18. The molecule has 0 fully saturated rings. The van der Waals surface area contributed by atoms with Gasteiger partial charge in [-0.2, -0.15) is 0 Å². The SMILES string of the molecule is COC(=O)c1ccc(-n2c(C)cc(C(=O)CSc3n[nH]c(-c4ccncc4)n3)c2C)cc1. The molecule has 0 radical (unpaired) electrons. The first-order chi connectivity index (χ1) is 15.5. The molecule has 3 aromatic heterocycles. The average Bonchev–Trinajstić information content (AvgIpc) is 3.42. The number of aryl methyl sites for hydroxylation is 1. The Labute approximate surface area is 189 Å². The summed E-state index contributed by atoms with van der Waals surface area (Å²) in [5, 5.41) is 7.59. The van der Waals surface area contributed by atoms with Gasteiger partial charge in [-0.15, -0.1) is 5.10 Å². The van der Waals surface area contributed by atoms with Gasteiger partial charge in [0.05, 0.1) is 18.4 Å². The van der Waals surface area contributed by atoms with E-state index >= 15 is 0 Å². The van der Waals surface area contributed by atoms with Gasteiger partial charge >= 0.3 is 5.97 Å². The molecular weight excluding hydrogens is 426 g/mol. The number of carbonyl (C=O) groups is 2. The molecule has 8 nitrogen and oxygen atoms in total. The van der Waals surface area contributed by atoms with Gasteiger partial charge in [0, 0.05) is 40.6 Å². The number of hydrogen-bond donors (Lipinski definition) is 1. The van der Waals surface area contributed by atoms with Crippen LogP contribution in [0.2, 0.25) is 0 Å². The number of Topliss-reactive ketones (excluding diaryl/α,β-unsaturated/α-hetero) is 1. The molecule has 0 aliphatic rings. The molecule has 0 saturated heterocycles. The highest BCUT2D eigenvalue weighted by molar-refractivity contribution is 7.99. The van der Waals surface area contributed by atoms with Crippen molar-refractivity contribution in [2.75, 3.05) is 12.9 Å². The van der Waals surface area contributed by atoms with Crippen molar-refractivity contribution in [1.29, 1.82) is 0 Å². The maximum atomic E-state index is 12.9. The third-order valence-electron chi connectivity index (χ3n) is 5.03. The fraction of sp³-hybridized carbons (Fsp3) is 0.174. The minimum Gasteiger partial charge on any atom is -0.465 e. The predicted molar refractivity (Wildman–Crippen MR) is 121 cm³/mol. The number of ketones is 1. The minimum absolute atomic E-state index is 0.00390. The number of nitrogens with one attached hydrogen (secondary N) is 1. The first-order valence-electron chi connectivity index (χ1n) is 9.84. The predicted octanol–water partition coefficient (Wildman–Crippen LogP) is 4.04. The van der Waals surface area contributed by atoms with Gasteiger partial charge in [0.2, 0.25) is 5.16 Å². The molecule has 162 valence electrons. The van der Waals surface area contributed by atoms with Gasteiger partial charge in [0.1, 0.15) is 0 Å². The molecule has 0 aliphatic heterocycles. The van der Waals surface area contributed by atoms with Crippen molar-refractivity contribution in [3.8, 4) is 17.1 Å². The maximum Gasteiger partial charge on any atom is 0.337 e. The van der Waals surface area contributed by atoms with Crippen molar-refractivity contribution in [2.45, 2.75) is 19.0 Å². The molecule has 0 saturated carbocycles. The van der Waals surface area contributed by atoms with Crippen LogP contribution in [0.25, 0.3) is 17.1 Å². The van der Waals surface area contributed by atoms with Crippen molar-refractivity contribution in [3.05, 3.63) is 77.4 Å². The molecule has 0 spiro atoms. The summed E-state index contributed by atoms with van der Waals surface area (Å²) in [7, 11) is 1.35. The van der Waals surface area contributed by atoms with Crippen molar-refractivity contribution < 1.29 is 14.3 Å². The zero-order valence-corrected chi connectivity index (χ0v) is 18.6. The smallest absolute Gasteiger partial charge is 0.337 e. The Hall–Kier alpha value is -3.72. The Morgan fingerprint density at radius 2 is 1.81 bits per heavy atom. The van der Waals surface area contributed by atoms with Crippen molar-refractivity contribution >= 4 is 23.5 Å². The Balaban J connectivity index is 1.48. The number of aromatic nitrogens is 5. The number of nitrogens with zero attached hydrogens (tertiary/aromatic N) is 4. The van der Waals surface area contributed by atoms with E-state index in [4.69, 9.17) is 4.74 Å². The van der Waals surface area contributed by atoms with Crippen LogP contribution in [0.1, 0.15) is 32.1 Å². The number of benzene rings is 1. The third kappa shape index (κ3) is 4.33. The van der Waals surface area contributed by atoms with Crippen LogP contribution < -0.4 is 0 Å². The van der Waals surface area contributed by atoms with Crippen LogP contribution in [-0.2, 0) is 4.74 Å². The van der Waals surface area contributed by atoms with E-state index in [1.807, 2.05) is 48.7 Å². The number of methoxy groups -OCH3 is 1. The Morgan fingerprint density at radius 3 is 2.50 bits per heavy atom. The number of esters is 1. The first kappa shape index (κ1) is 21.5. The number of ether oxygens (including phenoxy) is 1. The number of pyridine rings is 1. The number of H-pyrrole nitrogens is 1. The summed E-state index contributed by atoms with van der Waals surface area (Å²) in [6.07, 6.45) is 3.37. The molecule has 0 bridgehead atoms. The van der Waals surface area contributed by atoms with Gasteiger partial charge in [0.15, 0.2) is 11.6 Å². The summed E-state index contributed by atoms with van der Waals surface area (Å²) in [6.45, 7) is 3.86. The molecule has 0 unspecified atom stereocenters. The lowest BCUT2D eigenvalue weighted by Crippen LogP contribution is -2.06. The first-order valence-corrected chi connectivity index (χ1v) is 10.8. The molecule has 0 amide bonds. The van der Waals surface area contributed by atoms with Crippen LogP contribution in [0, 0.1) is 13.8 Å². The highest BCUT2D eigenvalue weighted by Gasteiger charge is 2.18. The fourth-order valence-electron chi connectivity index (χ4n) is 3.46. The number of hydrogen-bond acceptors (Lipinski definition) is 7. The summed E-state index contributed by atoms with van der Waals surface area (Å²) < 4.78 is 6.74. The zero-order valence-electron chi connectivity index (χ0n) is 17.8. The van der Waals surface area contributed by atoms with E-state index in [1.54, 1.807) is 24.5 Å². The highest BCUT2D eigenvalue weighted by Crippen LogP contribution is 2.24. The third-order valence-corrected chi connectivity index (χ3v) is 5.88. The molecule has 32 heavy (non-hydrogen) atoms. The van der Waals surface area contributed by atoms with Gasteiger partial charge in [-0.1, -0.05) is 11.8 Å². The van der Waals surface area contributed by atoms with Gasteiger partial charge in [-0.05, 0) is 56.3 Å². The summed E-state index contributed by atoms with van der Waals surface area (Å²) in [5.41, 5.74) is 4.65. The van der Waals surface area contributed by atoms with Crippen LogP contribution in [-0.4, -0.2) is 49.3 Å². The van der Waals surface area contributed by atoms with E-state index < -0.39 is 0 Å². The van der Waals surface area contributed by atoms with Crippen molar-refractivity contribution in [2.24, 2.45) is 0 Å². The van der Waals surface area contributed by atoms with Crippen LogP contribution in [0.5, 0.6) is 0 Å². The van der Waals surface area contributed by atoms with E-state index in [0.717, 1.165) is 22.6 Å². The van der Waals surface area contributed by atoms with E-state index in [2.05, 4.69) is 20.2 Å². The summed E-state index contributed by atoms with van der Waals surface area (Å²) >= 11 is 1.29. The van der Waals surface area contributed by atoms with Gasteiger partial charge < -0.3 is 9.30 Å². The monoisotopic (exact) mass is 447 g/mol. The maximum absolute atomic E-state index is 12.9. The van der Waals surface area contributed by atoms with Crippen molar-refractivity contribution in [3.63, 3.8) is 0 Å². The van der Waals surface area contributed by atoms with E-state index in [1.165, 1.54) is 18.9 Å². The molecule has 1 aromatic carbocycles. The van der Waals surface area contributed by atoms with Gasteiger partial charge in [-0.3, -0.25) is 14.9 Å². The second-order valence-electron chi connectivity index (χ2n) is 7.07. The lowest BCUT2D eigenvalue weighted by atomic mass is 10.2. The van der Waals surface area contributed by atoms with Gasteiger partial charge in [0.25, 0.3) is 0 Å². The number of thioether (sulfide) groups is 1. The summed E-state index contributed by atoms with van der Waals surface area (Å²) in [5.74, 6) is 0.468. The molecular formula is C23H21N5O3S. The second-order valence-corrected chi connectivity index (χ2v) is 8.02. The summed E-state index contributed by atoms with van der Waals surface area (Å²) in [6, 6.07) is 12.7. The molecule has 0 atom stereocenters. The van der Waals surface area contributed by atoms with Crippen LogP contribution in [0.3, 0.4) is 0 Å². The molecule has 9 heteroatoms. The number of aromatic amines is 1. The molecule has 0 aliphatic carbocycles. The number of rotatable bonds is 7. The van der Waals surface area contributed by atoms with Crippen LogP contribution in [0.15, 0.2) is 60.0 Å². The van der Waals surface area contributed by atoms with E-state index in [0.29, 0.717) is 22.1 Å². The Bertz CT molecular complexity index is 1260. The zero-order chi connectivity index (χ0) is 22.7. The quantitative estimate of drug-likeness (QED) is 0.259. The standard InChI is InChI=1S/C23H21N5O3S/c1-14-12-19(15(2)28(14)18-6-4-17(5-7-18)22(30)31-3)20(29)13-32-23-25-21(26-27-23)16-8-10-24-11-9-16/h4-12H,13H2,1-3H3,(H,25,26,27). The molecule has 1 N–H and O–H groups in total. The summed E-state index contributed by atoms with van der Waals surface area (Å²) in [4.78, 5) is 33.0.